The van der Waals surface area contributed by atoms with Crippen molar-refractivity contribution in [2.45, 2.75) is 13.5 Å². The smallest absolute Gasteiger partial charge is 0.348 e. The SMILES string of the molecule is COC(=O)/C(C#N)=C\c1ccc(OCc2noc(C)n2)cc1. The molecule has 0 amide bonds. The molecule has 0 aliphatic rings. The second kappa shape index (κ2) is 7.04. The highest BCUT2D eigenvalue weighted by Gasteiger charge is 2.08. The van der Waals surface area contributed by atoms with Crippen LogP contribution in [-0.4, -0.2) is 23.2 Å². The maximum Gasteiger partial charge on any atom is 0.348 e. The van der Waals surface area contributed by atoms with E-state index in [1.54, 1.807) is 37.3 Å². The fourth-order valence-electron chi connectivity index (χ4n) is 1.62. The van der Waals surface area contributed by atoms with Crippen LogP contribution in [-0.2, 0) is 16.1 Å². The number of aromatic nitrogens is 2. The Labute approximate surface area is 126 Å². The fourth-order valence-corrected chi connectivity index (χ4v) is 1.62. The van der Waals surface area contributed by atoms with Crippen LogP contribution < -0.4 is 4.74 Å². The zero-order chi connectivity index (χ0) is 15.9. The summed E-state index contributed by atoms with van der Waals surface area (Å²) in [6.45, 7) is 1.89. The van der Waals surface area contributed by atoms with E-state index in [-0.39, 0.29) is 12.2 Å². The van der Waals surface area contributed by atoms with Crippen molar-refractivity contribution in [1.82, 2.24) is 10.1 Å². The van der Waals surface area contributed by atoms with Gasteiger partial charge in [-0.2, -0.15) is 10.2 Å². The van der Waals surface area contributed by atoms with Crippen molar-refractivity contribution in [1.29, 1.82) is 5.26 Å². The molecule has 0 N–H and O–H groups in total. The van der Waals surface area contributed by atoms with Gasteiger partial charge in [0.2, 0.25) is 11.7 Å². The number of hydrogen-bond donors (Lipinski definition) is 0. The van der Waals surface area contributed by atoms with E-state index in [0.29, 0.717) is 23.0 Å². The predicted octanol–water partition coefficient (Wildman–Crippen LogP) is 2.04. The summed E-state index contributed by atoms with van der Waals surface area (Å²) in [4.78, 5) is 15.3. The van der Waals surface area contributed by atoms with E-state index in [1.807, 2.05) is 0 Å². The van der Waals surface area contributed by atoms with Gasteiger partial charge in [0.05, 0.1) is 7.11 Å². The summed E-state index contributed by atoms with van der Waals surface area (Å²) in [5.74, 6) is 0.872. The molecule has 0 fully saturated rings. The minimum absolute atomic E-state index is 0.0709. The van der Waals surface area contributed by atoms with Gasteiger partial charge in [-0.25, -0.2) is 4.79 Å². The molecule has 2 rings (SSSR count). The molecule has 0 atom stereocenters. The van der Waals surface area contributed by atoms with Crippen LogP contribution in [0.1, 0.15) is 17.3 Å². The Morgan fingerprint density at radius 3 is 2.68 bits per heavy atom. The summed E-state index contributed by atoms with van der Waals surface area (Å²) in [5, 5.41) is 12.6. The van der Waals surface area contributed by atoms with Crippen LogP contribution in [0, 0.1) is 18.3 Å². The van der Waals surface area contributed by atoms with Crippen molar-refractivity contribution >= 4 is 12.0 Å². The first-order valence-corrected chi connectivity index (χ1v) is 6.34. The molecule has 2 aromatic rings. The molecule has 22 heavy (non-hydrogen) atoms. The van der Waals surface area contributed by atoms with Crippen molar-refractivity contribution < 1.29 is 18.8 Å². The fraction of sp³-hybridized carbons (Fsp3) is 0.200. The predicted molar refractivity (Wildman–Crippen MR) is 75.4 cm³/mol. The minimum Gasteiger partial charge on any atom is -0.485 e. The zero-order valence-electron chi connectivity index (χ0n) is 12.1. The van der Waals surface area contributed by atoms with E-state index in [1.165, 1.54) is 13.2 Å². The topological polar surface area (TPSA) is 98.2 Å². The number of nitriles is 1. The van der Waals surface area contributed by atoms with E-state index < -0.39 is 5.97 Å². The molecule has 0 aliphatic heterocycles. The van der Waals surface area contributed by atoms with Gasteiger partial charge >= 0.3 is 5.97 Å². The second-order valence-corrected chi connectivity index (χ2v) is 4.25. The monoisotopic (exact) mass is 299 g/mol. The van der Waals surface area contributed by atoms with Crippen LogP contribution in [0.15, 0.2) is 34.4 Å². The lowest BCUT2D eigenvalue weighted by atomic mass is 10.1. The van der Waals surface area contributed by atoms with E-state index in [9.17, 15) is 4.79 Å². The Bertz CT molecular complexity index is 726. The highest BCUT2D eigenvalue weighted by Crippen LogP contribution is 2.16. The highest BCUT2D eigenvalue weighted by atomic mass is 16.5. The average Bonchev–Trinajstić information content (AvgIpc) is 2.96. The Balaban J connectivity index is 2.02. The van der Waals surface area contributed by atoms with E-state index in [0.717, 1.165) is 0 Å². The molecular weight excluding hydrogens is 286 g/mol. The molecule has 1 aromatic heterocycles. The lowest BCUT2D eigenvalue weighted by Crippen LogP contribution is -2.02. The van der Waals surface area contributed by atoms with Gasteiger partial charge in [-0.15, -0.1) is 0 Å². The molecule has 0 bridgehead atoms. The third-order valence-corrected chi connectivity index (χ3v) is 2.65. The zero-order valence-corrected chi connectivity index (χ0v) is 12.1. The van der Waals surface area contributed by atoms with Gasteiger partial charge < -0.3 is 14.0 Å². The highest BCUT2D eigenvalue weighted by molar-refractivity contribution is 5.97. The second-order valence-electron chi connectivity index (χ2n) is 4.25. The Hall–Kier alpha value is -3.14. The molecule has 0 unspecified atom stereocenters. The molecule has 7 nitrogen and oxygen atoms in total. The van der Waals surface area contributed by atoms with Gasteiger partial charge in [0.15, 0.2) is 6.61 Å². The van der Waals surface area contributed by atoms with E-state index in [4.69, 9.17) is 14.5 Å². The average molecular weight is 299 g/mol. The largest absolute Gasteiger partial charge is 0.485 e. The van der Waals surface area contributed by atoms with Crippen LogP contribution in [0.5, 0.6) is 5.75 Å². The van der Waals surface area contributed by atoms with Gasteiger partial charge in [0.1, 0.15) is 17.4 Å². The quantitative estimate of drug-likeness (QED) is 0.473. The van der Waals surface area contributed by atoms with E-state index >= 15 is 0 Å². The normalized spacial score (nSPS) is 10.9. The van der Waals surface area contributed by atoms with Crippen LogP contribution in [0.4, 0.5) is 0 Å². The van der Waals surface area contributed by atoms with Gasteiger partial charge in [0, 0.05) is 6.92 Å². The summed E-state index contributed by atoms with van der Waals surface area (Å²) in [6.07, 6.45) is 1.44. The Kier molecular flexibility index (Phi) is 4.88. The molecule has 0 aliphatic carbocycles. The number of nitrogens with zero attached hydrogens (tertiary/aromatic N) is 3. The molecule has 1 aromatic carbocycles. The first-order valence-electron chi connectivity index (χ1n) is 6.34. The number of aryl methyl sites for hydroxylation is 1. The molecule has 7 heteroatoms. The number of methoxy groups -OCH3 is 1. The summed E-state index contributed by atoms with van der Waals surface area (Å²) in [6, 6.07) is 8.66. The van der Waals surface area contributed by atoms with Crippen molar-refractivity contribution in [3.05, 3.63) is 47.1 Å². The molecule has 0 spiro atoms. The molecular formula is C15H13N3O4. The number of hydrogen-bond acceptors (Lipinski definition) is 7. The lowest BCUT2D eigenvalue weighted by molar-refractivity contribution is -0.135. The summed E-state index contributed by atoms with van der Waals surface area (Å²) in [5.41, 5.74) is 0.614. The van der Waals surface area contributed by atoms with Crippen molar-refractivity contribution in [3.8, 4) is 11.8 Å². The number of esters is 1. The van der Waals surface area contributed by atoms with E-state index in [2.05, 4.69) is 14.9 Å². The van der Waals surface area contributed by atoms with Crippen LogP contribution in [0.2, 0.25) is 0 Å². The van der Waals surface area contributed by atoms with Crippen molar-refractivity contribution in [2.75, 3.05) is 7.11 Å². The number of benzene rings is 1. The molecule has 0 saturated heterocycles. The first-order chi connectivity index (χ1) is 10.6. The number of ether oxygens (including phenoxy) is 2. The number of carbonyl (C=O) groups excluding carboxylic acids is 1. The third kappa shape index (κ3) is 3.93. The first kappa shape index (κ1) is 15.3. The molecule has 0 saturated carbocycles. The van der Waals surface area contributed by atoms with Crippen LogP contribution >= 0.6 is 0 Å². The van der Waals surface area contributed by atoms with Crippen molar-refractivity contribution in [3.63, 3.8) is 0 Å². The number of carbonyl (C=O) groups is 1. The lowest BCUT2D eigenvalue weighted by Gasteiger charge is -2.03. The van der Waals surface area contributed by atoms with Crippen LogP contribution in [0.3, 0.4) is 0 Å². The van der Waals surface area contributed by atoms with Crippen LogP contribution in [0.25, 0.3) is 6.08 Å². The summed E-state index contributed by atoms with van der Waals surface area (Å²) in [7, 11) is 1.23. The van der Waals surface area contributed by atoms with Crippen molar-refractivity contribution in [2.24, 2.45) is 0 Å². The standard InChI is InChI=1S/C15H13N3O4/c1-10-17-14(18-22-10)9-21-13-5-3-11(4-6-13)7-12(8-16)15(19)20-2/h3-7H,9H2,1-2H3/b12-7-. The third-order valence-electron chi connectivity index (χ3n) is 2.65. The maximum atomic E-state index is 11.3. The number of rotatable bonds is 5. The maximum absolute atomic E-state index is 11.3. The molecule has 0 radical (unpaired) electrons. The molecule has 1 heterocycles. The van der Waals surface area contributed by atoms with Gasteiger partial charge in [-0.3, -0.25) is 0 Å². The Morgan fingerprint density at radius 1 is 1.41 bits per heavy atom. The summed E-state index contributed by atoms with van der Waals surface area (Å²) >= 11 is 0. The van der Waals surface area contributed by atoms with Gasteiger partial charge in [-0.05, 0) is 23.8 Å². The minimum atomic E-state index is -0.671. The molecule has 112 valence electrons. The van der Waals surface area contributed by atoms with Gasteiger partial charge in [-0.1, -0.05) is 17.3 Å². The summed E-state index contributed by atoms with van der Waals surface area (Å²) < 4.78 is 14.8. The Morgan fingerprint density at radius 2 is 2.14 bits per heavy atom. The van der Waals surface area contributed by atoms with Gasteiger partial charge in [0.25, 0.3) is 0 Å².